The van der Waals surface area contributed by atoms with Gasteiger partial charge in [-0.1, -0.05) is 36.4 Å². The zero-order valence-electron chi connectivity index (χ0n) is 11.7. The molecule has 1 amide bonds. The Morgan fingerprint density at radius 1 is 1.25 bits per heavy atom. The minimum Gasteiger partial charge on any atom is -0.339 e. The third-order valence-electron chi connectivity index (χ3n) is 3.25. The Hall–Kier alpha value is -1.65. The van der Waals surface area contributed by atoms with Crippen LogP contribution < -0.4 is 5.73 Å². The van der Waals surface area contributed by atoms with Gasteiger partial charge in [-0.05, 0) is 29.9 Å². The lowest BCUT2D eigenvalue weighted by atomic mass is 10.1. The fourth-order valence-electron chi connectivity index (χ4n) is 2.09. The van der Waals surface area contributed by atoms with Crippen molar-refractivity contribution in [3.05, 3.63) is 58.3 Å². The van der Waals surface area contributed by atoms with Crippen LogP contribution in [0.1, 0.15) is 16.9 Å². The summed E-state index contributed by atoms with van der Waals surface area (Å²) in [6.07, 6.45) is 1.51. The number of nitrogens with zero attached hydrogens (tertiary/aromatic N) is 1. The summed E-state index contributed by atoms with van der Waals surface area (Å²) < 4.78 is 0. The van der Waals surface area contributed by atoms with Crippen LogP contribution in [0.5, 0.6) is 0 Å². The molecule has 0 spiro atoms. The van der Waals surface area contributed by atoms with Crippen LogP contribution in [-0.4, -0.2) is 23.9 Å². The van der Waals surface area contributed by atoms with Crippen molar-refractivity contribution in [1.82, 2.24) is 4.90 Å². The van der Waals surface area contributed by atoms with Crippen LogP contribution in [0.25, 0.3) is 0 Å². The van der Waals surface area contributed by atoms with Crippen molar-refractivity contribution in [2.45, 2.75) is 25.4 Å². The van der Waals surface area contributed by atoms with E-state index in [9.17, 15) is 4.79 Å². The van der Waals surface area contributed by atoms with E-state index in [1.165, 1.54) is 10.4 Å². The highest BCUT2D eigenvalue weighted by Gasteiger charge is 2.18. The first-order valence-electron chi connectivity index (χ1n) is 6.73. The minimum atomic E-state index is -0.430. The molecule has 1 heterocycles. The second kappa shape index (κ2) is 7.22. The average molecular weight is 288 g/mol. The molecule has 106 valence electrons. The number of hydrogen-bond acceptors (Lipinski definition) is 3. The lowest BCUT2D eigenvalue weighted by Crippen LogP contribution is -2.41. The number of benzene rings is 1. The van der Waals surface area contributed by atoms with Crippen molar-refractivity contribution in [1.29, 1.82) is 0 Å². The number of carbonyl (C=O) groups is 1. The average Bonchev–Trinajstić information content (AvgIpc) is 2.98. The van der Waals surface area contributed by atoms with Gasteiger partial charge >= 0.3 is 0 Å². The molecule has 2 aromatic rings. The maximum Gasteiger partial charge on any atom is 0.239 e. The van der Waals surface area contributed by atoms with E-state index in [1.54, 1.807) is 16.2 Å². The molecule has 1 atom stereocenters. The third kappa shape index (κ3) is 4.18. The van der Waals surface area contributed by atoms with E-state index < -0.39 is 6.04 Å². The summed E-state index contributed by atoms with van der Waals surface area (Å²) in [6, 6.07) is 13.7. The highest BCUT2D eigenvalue weighted by Crippen LogP contribution is 2.12. The van der Waals surface area contributed by atoms with E-state index >= 15 is 0 Å². The molecule has 0 fully saturated rings. The summed E-state index contributed by atoms with van der Waals surface area (Å²) in [5.74, 6) is 0.00864. The second-order valence-electron chi connectivity index (χ2n) is 4.90. The molecule has 0 aliphatic carbocycles. The van der Waals surface area contributed by atoms with E-state index in [0.29, 0.717) is 13.0 Å². The monoisotopic (exact) mass is 288 g/mol. The quantitative estimate of drug-likeness (QED) is 0.888. The van der Waals surface area contributed by atoms with Crippen LogP contribution in [0.15, 0.2) is 47.8 Å². The molecule has 0 bridgehead atoms. The smallest absolute Gasteiger partial charge is 0.239 e. The van der Waals surface area contributed by atoms with E-state index in [0.717, 1.165) is 6.42 Å². The highest BCUT2D eigenvalue weighted by atomic mass is 32.1. The molecule has 3 nitrogen and oxygen atoms in total. The Balaban J connectivity index is 1.82. The predicted octanol–water partition coefficient (Wildman–Crippen LogP) is 2.67. The first-order valence-corrected chi connectivity index (χ1v) is 7.61. The van der Waals surface area contributed by atoms with E-state index in [1.807, 2.05) is 42.8 Å². The van der Waals surface area contributed by atoms with Gasteiger partial charge in [-0.3, -0.25) is 4.79 Å². The van der Waals surface area contributed by atoms with Gasteiger partial charge in [-0.15, -0.1) is 11.3 Å². The maximum atomic E-state index is 12.2. The van der Waals surface area contributed by atoms with Gasteiger partial charge in [0.1, 0.15) is 0 Å². The number of carbonyl (C=O) groups excluding carboxylic acids is 1. The fourth-order valence-corrected chi connectivity index (χ4v) is 2.84. The standard InChI is InChI=1S/C16H20N2OS/c1-18(12-14-8-5-11-20-14)16(19)15(17)10-9-13-6-3-2-4-7-13/h2-8,11,15H,9-10,12,17H2,1H3/t15-/m0/s1. The number of likely N-dealkylation sites (N-methyl/N-ethyl adjacent to an activating group) is 1. The molecular formula is C16H20N2OS. The topological polar surface area (TPSA) is 46.3 Å². The number of nitrogens with two attached hydrogens (primary N) is 1. The largest absolute Gasteiger partial charge is 0.339 e. The zero-order valence-corrected chi connectivity index (χ0v) is 12.5. The summed E-state index contributed by atoms with van der Waals surface area (Å²) in [6.45, 7) is 0.634. The molecule has 1 aromatic heterocycles. The van der Waals surface area contributed by atoms with Gasteiger partial charge in [-0.2, -0.15) is 0 Å². The minimum absolute atomic E-state index is 0.00864. The summed E-state index contributed by atoms with van der Waals surface area (Å²) in [5, 5.41) is 2.02. The lowest BCUT2D eigenvalue weighted by molar-refractivity contribution is -0.131. The molecule has 0 aliphatic heterocycles. The lowest BCUT2D eigenvalue weighted by Gasteiger charge is -2.20. The zero-order chi connectivity index (χ0) is 14.4. The summed E-state index contributed by atoms with van der Waals surface area (Å²) in [7, 11) is 1.81. The Morgan fingerprint density at radius 2 is 2.00 bits per heavy atom. The van der Waals surface area contributed by atoms with Crippen molar-refractivity contribution >= 4 is 17.2 Å². The van der Waals surface area contributed by atoms with Crippen molar-refractivity contribution in [2.24, 2.45) is 5.73 Å². The van der Waals surface area contributed by atoms with Gasteiger partial charge in [0, 0.05) is 11.9 Å². The number of thiophene rings is 1. The van der Waals surface area contributed by atoms with Crippen molar-refractivity contribution in [3.63, 3.8) is 0 Å². The van der Waals surface area contributed by atoms with Gasteiger partial charge in [0.15, 0.2) is 0 Å². The SMILES string of the molecule is CN(Cc1cccs1)C(=O)[C@@H](N)CCc1ccccc1. The van der Waals surface area contributed by atoms with Crippen LogP contribution in [0, 0.1) is 0 Å². The van der Waals surface area contributed by atoms with Crippen molar-refractivity contribution < 1.29 is 4.79 Å². The van der Waals surface area contributed by atoms with Crippen molar-refractivity contribution in [2.75, 3.05) is 7.05 Å². The molecule has 0 radical (unpaired) electrons. The number of hydrogen-bond donors (Lipinski definition) is 1. The number of aryl methyl sites for hydroxylation is 1. The van der Waals surface area contributed by atoms with Gasteiger partial charge in [-0.25, -0.2) is 0 Å². The predicted molar refractivity (Wildman–Crippen MR) is 83.5 cm³/mol. The Labute approximate surface area is 124 Å². The Bertz CT molecular complexity index is 525. The molecule has 0 saturated carbocycles. The van der Waals surface area contributed by atoms with Crippen LogP contribution >= 0.6 is 11.3 Å². The van der Waals surface area contributed by atoms with Crippen LogP contribution in [-0.2, 0) is 17.8 Å². The maximum absolute atomic E-state index is 12.2. The molecule has 1 aromatic carbocycles. The van der Waals surface area contributed by atoms with Gasteiger partial charge in [0.2, 0.25) is 5.91 Å². The van der Waals surface area contributed by atoms with E-state index in [4.69, 9.17) is 5.73 Å². The molecular weight excluding hydrogens is 268 g/mol. The Kier molecular flexibility index (Phi) is 5.32. The third-order valence-corrected chi connectivity index (χ3v) is 4.11. The summed E-state index contributed by atoms with van der Waals surface area (Å²) in [4.78, 5) is 15.1. The molecule has 4 heteroatoms. The molecule has 0 saturated heterocycles. The molecule has 2 rings (SSSR count). The van der Waals surface area contributed by atoms with Gasteiger partial charge < -0.3 is 10.6 Å². The number of amides is 1. The summed E-state index contributed by atoms with van der Waals surface area (Å²) in [5.41, 5.74) is 7.23. The molecule has 0 aliphatic rings. The highest BCUT2D eigenvalue weighted by molar-refractivity contribution is 7.09. The molecule has 20 heavy (non-hydrogen) atoms. The van der Waals surface area contributed by atoms with Gasteiger partial charge in [0.05, 0.1) is 12.6 Å². The van der Waals surface area contributed by atoms with Crippen LogP contribution in [0.3, 0.4) is 0 Å². The molecule has 0 unspecified atom stereocenters. The van der Waals surface area contributed by atoms with E-state index in [2.05, 4.69) is 12.1 Å². The van der Waals surface area contributed by atoms with Crippen molar-refractivity contribution in [3.8, 4) is 0 Å². The molecule has 2 N–H and O–H groups in total. The van der Waals surface area contributed by atoms with Crippen LogP contribution in [0.2, 0.25) is 0 Å². The first-order chi connectivity index (χ1) is 9.66. The van der Waals surface area contributed by atoms with Crippen LogP contribution in [0.4, 0.5) is 0 Å². The second-order valence-corrected chi connectivity index (χ2v) is 5.94. The number of rotatable bonds is 6. The fraction of sp³-hybridized carbons (Fsp3) is 0.312. The first kappa shape index (κ1) is 14.8. The van der Waals surface area contributed by atoms with E-state index in [-0.39, 0.29) is 5.91 Å². The summed E-state index contributed by atoms with van der Waals surface area (Å²) >= 11 is 1.66. The normalized spacial score (nSPS) is 12.1. The Morgan fingerprint density at radius 3 is 2.65 bits per heavy atom. The van der Waals surface area contributed by atoms with Gasteiger partial charge in [0.25, 0.3) is 0 Å².